The van der Waals surface area contributed by atoms with E-state index >= 15 is 0 Å². The third-order valence-electron chi connectivity index (χ3n) is 2.72. The van der Waals surface area contributed by atoms with Gasteiger partial charge in [0.2, 0.25) is 0 Å². The molecule has 2 aromatic carbocycles. The first-order chi connectivity index (χ1) is 9.51. The molecule has 0 heterocycles. The summed E-state index contributed by atoms with van der Waals surface area (Å²) in [5, 5.41) is -0.695. The summed E-state index contributed by atoms with van der Waals surface area (Å²) in [6, 6.07) is 8.63. The highest BCUT2D eigenvalue weighted by Gasteiger charge is 2.18. The Morgan fingerprint density at radius 1 is 1.15 bits per heavy atom. The van der Waals surface area contributed by atoms with Gasteiger partial charge < -0.3 is 4.74 Å². The molecule has 1 nitrogen and oxygen atoms in total. The third-order valence-corrected chi connectivity index (χ3v) is 3.70. The molecule has 0 amide bonds. The largest absolute Gasteiger partial charge is 0.494 e. The molecule has 0 aliphatic carbocycles. The van der Waals surface area contributed by atoms with Crippen molar-refractivity contribution in [2.24, 2.45) is 0 Å². The zero-order chi connectivity index (χ0) is 14.7. The van der Waals surface area contributed by atoms with Crippen LogP contribution in [0.2, 0.25) is 0 Å². The van der Waals surface area contributed by atoms with Gasteiger partial charge in [0.15, 0.2) is 0 Å². The minimum atomic E-state index is -0.695. The van der Waals surface area contributed by atoms with Crippen molar-refractivity contribution in [2.75, 3.05) is 6.61 Å². The standard InChI is InChI=1S/C15H12BrClF2O/c1-2-20-14-4-3-10(16)7-13(14)15(17)9-5-11(18)8-12(19)6-9/h3-8,15H,2H2,1H3. The summed E-state index contributed by atoms with van der Waals surface area (Å²) in [5.41, 5.74) is 1.01. The van der Waals surface area contributed by atoms with E-state index in [0.717, 1.165) is 10.5 Å². The molecule has 0 radical (unpaired) electrons. The zero-order valence-electron chi connectivity index (χ0n) is 10.7. The highest BCUT2D eigenvalue weighted by Crippen LogP contribution is 2.37. The van der Waals surface area contributed by atoms with Gasteiger partial charge in [-0.2, -0.15) is 0 Å². The van der Waals surface area contributed by atoms with Crippen LogP contribution in [0.3, 0.4) is 0 Å². The van der Waals surface area contributed by atoms with Crippen LogP contribution in [0.5, 0.6) is 5.75 Å². The predicted molar refractivity (Wildman–Crippen MR) is 79.4 cm³/mol. The topological polar surface area (TPSA) is 9.23 Å². The molecule has 20 heavy (non-hydrogen) atoms. The molecule has 0 fully saturated rings. The molecular weight excluding hydrogens is 350 g/mol. The highest BCUT2D eigenvalue weighted by molar-refractivity contribution is 9.10. The Hall–Kier alpha value is -1.13. The van der Waals surface area contributed by atoms with Gasteiger partial charge in [-0.3, -0.25) is 0 Å². The monoisotopic (exact) mass is 360 g/mol. The van der Waals surface area contributed by atoms with Gasteiger partial charge in [0.25, 0.3) is 0 Å². The van der Waals surface area contributed by atoms with Gasteiger partial charge in [-0.05, 0) is 42.8 Å². The molecule has 106 valence electrons. The fourth-order valence-corrected chi connectivity index (χ4v) is 2.58. The summed E-state index contributed by atoms with van der Waals surface area (Å²) < 4.78 is 32.9. The fourth-order valence-electron chi connectivity index (χ4n) is 1.91. The summed E-state index contributed by atoms with van der Waals surface area (Å²) in [4.78, 5) is 0. The van der Waals surface area contributed by atoms with E-state index in [1.807, 2.05) is 13.0 Å². The van der Waals surface area contributed by atoms with Crippen LogP contribution in [0, 0.1) is 11.6 Å². The normalized spacial score (nSPS) is 12.2. The van der Waals surface area contributed by atoms with Gasteiger partial charge in [0.05, 0.1) is 12.0 Å². The lowest BCUT2D eigenvalue weighted by atomic mass is 10.0. The summed E-state index contributed by atoms with van der Waals surface area (Å²) in [6.45, 7) is 2.34. The maximum Gasteiger partial charge on any atom is 0.126 e. The average molecular weight is 362 g/mol. The van der Waals surface area contributed by atoms with E-state index in [9.17, 15) is 8.78 Å². The summed E-state index contributed by atoms with van der Waals surface area (Å²) in [7, 11) is 0. The first-order valence-electron chi connectivity index (χ1n) is 6.03. The molecule has 5 heteroatoms. The van der Waals surface area contributed by atoms with Gasteiger partial charge in [-0.1, -0.05) is 15.9 Å². The molecule has 2 aromatic rings. The average Bonchev–Trinajstić information content (AvgIpc) is 2.39. The van der Waals surface area contributed by atoms with Gasteiger partial charge >= 0.3 is 0 Å². The van der Waals surface area contributed by atoms with Crippen LogP contribution < -0.4 is 4.74 Å². The van der Waals surface area contributed by atoms with E-state index in [2.05, 4.69) is 15.9 Å². The van der Waals surface area contributed by atoms with Crippen LogP contribution in [0.4, 0.5) is 8.78 Å². The first-order valence-corrected chi connectivity index (χ1v) is 7.26. The lowest BCUT2D eigenvalue weighted by Gasteiger charge is -2.16. The van der Waals surface area contributed by atoms with Crippen molar-refractivity contribution in [1.82, 2.24) is 0 Å². The molecule has 0 N–H and O–H groups in total. The Labute approximate surface area is 129 Å². The maximum atomic E-state index is 13.3. The summed E-state index contributed by atoms with van der Waals surface area (Å²) >= 11 is 9.71. The molecule has 0 aliphatic heterocycles. The molecule has 1 atom stereocenters. The quantitative estimate of drug-likeness (QED) is 0.658. The van der Waals surface area contributed by atoms with Crippen LogP contribution in [-0.4, -0.2) is 6.61 Å². The van der Waals surface area contributed by atoms with Crippen LogP contribution in [-0.2, 0) is 0 Å². The minimum absolute atomic E-state index is 0.350. The highest BCUT2D eigenvalue weighted by atomic mass is 79.9. The summed E-state index contributed by atoms with van der Waals surface area (Å²) in [5.74, 6) is -0.711. The van der Waals surface area contributed by atoms with Crippen molar-refractivity contribution in [3.63, 3.8) is 0 Å². The lowest BCUT2D eigenvalue weighted by molar-refractivity contribution is 0.336. The van der Waals surface area contributed by atoms with E-state index < -0.39 is 17.0 Å². The molecule has 0 saturated heterocycles. The van der Waals surface area contributed by atoms with Gasteiger partial charge in [0, 0.05) is 16.1 Å². The van der Waals surface area contributed by atoms with E-state index in [0.29, 0.717) is 23.5 Å². The predicted octanol–water partition coefficient (Wildman–Crippen LogP) is 5.45. The number of alkyl halides is 1. The molecule has 1 unspecified atom stereocenters. The van der Waals surface area contributed by atoms with E-state index in [1.54, 1.807) is 12.1 Å². The Bertz CT molecular complexity index is 599. The number of hydrogen-bond acceptors (Lipinski definition) is 1. The number of ether oxygens (including phenoxy) is 1. The smallest absolute Gasteiger partial charge is 0.126 e. The molecule has 0 saturated carbocycles. The number of hydrogen-bond donors (Lipinski definition) is 0. The summed E-state index contributed by atoms with van der Waals surface area (Å²) in [6.07, 6.45) is 0. The molecule has 0 spiro atoms. The lowest BCUT2D eigenvalue weighted by Crippen LogP contribution is -2.01. The number of benzene rings is 2. The number of rotatable bonds is 4. The molecular formula is C15H12BrClF2O. The van der Waals surface area contributed by atoms with Crippen LogP contribution in [0.1, 0.15) is 23.4 Å². The Morgan fingerprint density at radius 2 is 1.80 bits per heavy atom. The van der Waals surface area contributed by atoms with E-state index in [-0.39, 0.29) is 0 Å². The Kier molecular flexibility index (Phi) is 5.00. The van der Waals surface area contributed by atoms with Gasteiger partial charge in [-0.25, -0.2) is 8.78 Å². The molecule has 0 aliphatic rings. The third kappa shape index (κ3) is 3.49. The Balaban J connectivity index is 2.46. The fraction of sp³-hybridized carbons (Fsp3) is 0.200. The van der Waals surface area contributed by atoms with Crippen LogP contribution in [0.15, 0.2) is 40.9 Å². The second-order valence-electron chi connectivity index (χ2n) is 4.18. The van der Waals surface area contributed by atoms with E-state index in [4.69, 9.17) is 16.3 Å². The maximum absolute atomic E-state index is 13.3. The minimum Gasteiger partial charge on any atom is -0.494 e. The molecule has 0 aromatic heterocycles. The first kappa shape index (κ1) is 15.3. The van der Waals surface area contributed by atoms with Crippen molar-refractivity contribution in [2.45, 2.75) is 12.3 Å². The molecule has 2 rings (SSSR count). The van der Waals surface area contributed by atoms with Crippen molar-refractivity contribution in [3.05, 3.63) is 63.6 Å². The zero-order valence-corrected chi connectivity index (χ0v) is 13.0. The SMILES string of the molecule is CCOc1ccc(Br)cc1C(Cl)c1cc(F)cc(F)c1. The van der Waals surface area contributed by atoms with Crippen LogP contribution >= 0.6 is 27.5 Å². The van der Waals surface area contributed by atoms with Crippen LogP contribution in [0.25, 0.3) is 0 Å². The van der Waals surface area contributed by atoms with Gasteiger partial charge in [-0.15, -0.1) is 11.6 Å². The number of halogens is 4. The van der Waals surface area contributed by atoms with Crippen molar-refractivity contribution < 1.29 is 13.5 Å². The van der Waals surface area contributed by atoms with Crippen molar-refractivity contribution >= 4 is 27.5 Å². The second-order valence-corrected chi connectivity index (χ2v) is 5.53. The second kappa shape index (κ2) is 6.55. The van der Waals surface area contributed by atoms with Gasteiger partial charge in [0.1, 0.15) is 17.4 Å². The van der Waals surface area contributed by atoms with Crippen molar-refractivity contribution in [3.8, 4) is 5.75 Å². The molecule has 0 bridgehead atoms. The Morgan fingerprint density at radius 3 is 2.40 bits per heavy atom. The van der Waals surface area contributed by atoms with Crippen molar-refractivity contribution in [1.29, 1.82) is 0 Å². The van der Waals surface area contributed by atoms with E-state index in [1.165, 1.54) is 12.1 Å².